The van der Waals surface area contributed by atoms with E-state index in [2.05, 4.69) is 5.32 Å². The van der Waals surface area contributed by atoms with Crippen LogP contribution in [0.5, 0.6) is 0 Å². The maximum atomic E-state index is 13.0. The quantitative estimate of drug-likeness (QED) is 0.874. The van der Waals surface area contributed by atoms with Crippen molar-refractivity contribution in [2.24, 2.45) is 0 Å². The molecule has 1 saturated heterocycles. The molecule has 0 radical (unpaired) electrons. The molecular weight excluding hydrogens is 243 g/mol. The molecule has 1 aliphatic heterocycles. The molecule has 2 rings (SSSR count). The van der Waals surface area contributed by atoms with Crippen LogP contribution >= 0.6 is 0 Å². The molecule has 1 heterocycles. The van der Waals surface area contributed by atoms with Gasteiger partial charge in [-0.15, -0.1) is 0 Å². The van der Waals surface area contributed by atoms with Gasteiger partial charge in [0.05, 0.1) is 0 Å². The largest absolute Gasteiger partial charge is 0.338 e. The van der Waals surface area contributed by atoms with Gasteiger partial charge in [-0.2, -0.15) is 0 Å². The van der Waals surface area contributed by atoms with E-state index in [4.69, 9.17) is 0 Å². The molecule has 0 saturated carbocycles. The summed E-state index contributed by atoms with van der Waals surface area (Å²) in [5.74, 6) is 0.101. The lowest BCUT2D eigenvalue weighted by atomic mass is 9.94. The minimum atomic E-state index is -0.210. The standard InChI is InChI=1S/C15H21FN2O/c1-2-17-15(19)18-10-4-3-5-13(11-18)12-6-8-14(16)9-7-12/h6-9,13H,2-5,10-11H2,1H3,(H,17,19)/t13-/m1/s1. The first kappa shape index (κ1) is 13.8. The molecule has 3 nitrogen and oxygen atoms in total. The van der Waals surface area contributed by atoms with E-state index in [1.807, 2.05) is 24.0 Å². The molecule has 1 atom stereocenters. The number of likely N-dealkylation sites (tertiary alicyclic amines) is 1. The fraction of sp³-hybridized carbons (Fsp3) is 0.533. The van der Waals surface area contributed by atoms with Crippen LogP contribution in [0.3, 0.4) is 0 Å². The van der Waals surface area contributed by atoms with Crippen molar-refractivity contribution >= 4 is 6.03 Å². The average Bonchev–Trinajstić information content (AvgIpc) is 2.66. The Morgan fingerprint density at radius 2 is 2.11 bits per heavy atom. The molecule has 0 aromatic heterocycles. The van der Waals surface area contributed by atoms with Crippen molar-refractivity contribution < 1.29 is 9.18 Å². The molecule has 1 aliphatic rings. The van der Waals surface area contributed by atoms with E-state index >= 15 is 0 Å². The highest BCUT2D eigenvalue weighted by Crippen LogP contribution is 2.26. The molecule has 0 spiro atoms. The molecule has 0 bridgehead atoms. The van der Waals surface area contributed by atoms with Crippen molar-refractivity contribution in [1.82, 2.24) is 10.2 Å². The van der Waals surface area contributed by atoms with Crippen LogP contribution < -0.4 is 5.32 Å². The van der Waals surface area contributed by atoms with E-state index < -0.39 is 0 Å². The van der Waals surface area contributed by atoms with Crippen LogP contribution in [-0.2, 0) is 0 Å². The third kappa shape index (κ3) is 3.69. The third-order valence-electron chi connectivity index (χ3n) is 3.63. The molecule has 104 valence electrons. The number of benzene rings is 1. The predicted molar refractivity (Wildman–Crippen MR) is 73.6 cm³/mol. The van der Waals surface area contributed by atoms with Gasteiger partial charge >= 0.3 is 6.03 Å². The van der Waals surface area contributed by atoms with Crippen LogP contribution in [0.1, 0.15) is 37.7 Å². The number of nitrogens with zero attached hydrogens (tertiary/aromatic N) is 1. The summed E-state index contributed by atoms with van der Waals surface area (Å²) in [5.41, 5.74) is 1.12. The van der Waals surface area contributed by atoms with Crippen molar-refractivity contribution in [3.8, 4) is 0 Å². The van der Waals surface area contributed by atoms with E-state index in [1.165, 1.54) is 12.1 Å². The molecular formula is C15H21FN2O. The SMILES string of the molecule is CCNC(=O)N1CCCC[C@@H](c2ccc(F)cc2)C1. The summed E-state index contributed by atoms with van der Waals surface area (Å²) in [7, 11) is 0. The van der Waals surface area contributed by atoms with Gasteiger partial charge in [-0.25, -0.2) is 9.18 Å². The van der Waals surface area contributed by atoms with Crippen LogP contribution in [0.15, 0.2) is 24.3 Å². The minimum Gasteiger partial charge on any atom is -0.338 e. The molecule has 2 amide bonds. The summed E-state index contributed by atoms with van der Waals surface area (Å²) in [6.07, 6.45) is 3.20. The van der Waals surface area contributed by atoms with E-state index in [1.54, 1.807) is 0 Å². The number of hydrogen-bond acceptors (Lipinski definition) is 1. The molecule has 1 fully saturated rings. The molecule has 1 N–H and O–H groups in total. The van der Waals surface area contributed by atoms with Crippen LogP contribution in [0.4, 0.5) is 9.18 Å². The van der Waals surface area contributed by atoms with E-state index in [9.17, 15) is 9.18 Å². The highest BCUT2D eigenvalue weighted by Gasteiger charge is 2.22. The van der Waals surface area contributed by atoms with Crippen molar-refractivity contribution in [1.29, 1.82) is 0 Å². The lowest BCUT2D eigenvalue weighted by Gasteiger charge is -2.24. The summed E-state index contributed by atoms with van der Waals surface area (Å²) in [6, 6.07) is 6.67. The van der Waals surface area contributed by atoms with Gasteiger partial charge in [0.15, 0.2) is 0 Å². The molecule has 0 unspecified atom stereocenters. The summed E-state index contributed by atoms with van der Waals surface area (Å²) in [6.45, 7) is 4.10. The van der Waals surface area contributed by atoms with Crippen molar-refractivity contribution in [3.05, 3.63) is 35.6 Å². The second-order valence-electron chi connectivity index (χ2n) is 5.03. The van der Waals surface area contributed by atoms with Crippen LogP contribution in [0.25, 0.3) is 0 Å². The van der Waals surface area contributed by atoms with Gasteiger partial charge in [0.25, 0.3) is 0 Å². The monoisotopic (exact) mass is 264 g/mol. The Morgan fingerprint density at radius 1 is 1.37 bits per heavy atom. The fourth-order valence-corrected chi connectivity index (χ4v) is 2.60. The van der Waals surface area contributed by atoms with Gasteiger partial charge in [0.1, 0.15) is 5.82 Å². The van der Waals surface area contributed by atoms with Gasteiger partial charge in [-0.05, 0) is 37.5 Å². The van der Waals surface area contributed by atoms with Gasteiger partial charge in [0.2, 0.25) is 0 Å². The second-order valence-corrected chi connectivity index (χ2v) is 5.03. The zero-order chi connectivity index (χ0) is 13.7. The zero-order valence-corrected chi connectivity index (χ0v) is 11.4. The fourth-order valence-electron chi connectivity index (χ4n) is 2.60. The zero-order valence-electron chi connectivity index (χ0n) is 11.4. The van der Waals surface area contributed by atoms with E-state index in [0.717, 1.165) is 37.9 Å². The number of hydrogen-bond donors (Lipinski definition) is 1. The number of amides is 2. The number of carbonyl (C=O) groups excluding carboxylic acids is 1. The van der Waals surface area contributed by atoms with Gasteiger partial charge < -0.3 is 10.2 Å². The van der Waals surface area contributed by atoms with Gasteiger partial charge in [0, 0.05) is 25.6 Å². The maximum Gasteiger partial charge on any atom is 0.317 e. The Kier molecular flexibility index (Phi) is 4.77. The van der Waals surface area contributed by atoms with Crippen LogP contribution in [0, 0.1) is 5.82 Å². The number of rotatable bonds is 2. The van der Waals surface area contributed by atoms with E-state index in [0.29, 0.717) is 12.5 Å². The summed E-state index contributed by atoms with van der Waals surface area (Å²) in [4.78, 5) is 13.8. The molecule has 4 heteroatoms. The maximum absolute atomic E-state index is 13.0. The van der Waals surface area contributed by atoms with Crippen LogP contribution in [-0.4, -0.2) is 30.6 Å². The first-order chi connectivity index (χ1) is 9.20. The second kappa shape index (κ2) is 6.55. The third-order valence-corrected chi connectivity index (χ3v) is 3.63. The summed E-state index contributed by atoms with van der Waals surface area (Å²) < 4.78 is 13.0. The first-order valence-corrected chi connectivity index (χ1v) is 6.99. The smallest absolute Gasteiger partial charge is 0.317 e. The Balaban J connectivity index is 2.07. The predicted octanol–water partition coefficient (Wildman–Crippen LogP) is 3.12. The lowest BCUT2D eigenvalue weighted by Crippen LogP contribution is -2.41. The Bertz CT molecular complexity index is 419. The summed E-state index contributed by atoms with van der Waals surface area (Å²) in [5, 5.41) is 2.85. The number of halogens is 1. The highest BCUT2D eigenvalue weighted by atomic mass is 19.1. The van der Waals surface area contributed by atoms with Gasteiger partial charge in [-0.3, -0.25) is 0 Å². The molecule has 1 aromatic carbocycles. The van der Waals surface area contributed by atoms with E-state index in [-0.39, 0.29) is 11.8 Å². The molecule has 1 aromatic rings. The molecule has 0 aliphatic carbocycles. The van der Waals surface area contributed by atoms with Gasteiger partial charge in [-0.1, -0.05) is 18.6 Å². The number of urea groups is 1. The number of nitrogens with one attached hydrogen (secondary N) is 1. The number of carbonyl (C=O) groups is 1. The first-order valence-electron chi connectivity index (χ1n) is 6.99. The average molecular weight is 264 g/mol. The van der Waals surface area contributed by atoms with Crippen molar-refractivity contribution in [3.63, 3.8) is 0 Å². The lowest BCUT2D eigenvalue weighted by molar-refractivity contribution is 0.198. The topological polar surface area (TPSA) is 32.3 Å². The molecule has 19 heavy (non-hydrogen) atoms. The minimum absolute atomic E-state index is 0.0107. The van der Waals surface area contributed by atoms with Crippen molar-refractivity contribution in [2.45, 2.75) is 32.1 Å². The Labute approximate surface area is 113 Å². The van der Waals surface area contributed by atoms with Crippen LogP contribution in [0.2, 0.25) is 0 Å². The summed E-state index contributed by atoms with van der Waals surface area (Å²) >= 11 is 0. The highest BCUT2D eigenvalue weighted by molar-refractivity contribution is 5.74. The Hall–Kier alpha value is -1.58. The van der Waals surface area contributed by atoms with Crippen molar-refractivity contribution in [2.75, 3.05) is 19.6 Å². The Morgan fingerprint density at radius 3 is 2.79 bits per heavy atom. The normalized spacial score (nSPS) is 19.9.